The number of hydrazone groups is 1. The Morgan fingerprint density at radius 3 is 2.55 bits per heavy atom. The lowest BCUT2D eigenvalue weighted by atomic mass is 10.4. The van der Waals surface area contributed by atoms with Crippen LogP contribution in [0.2, 0.25) is 0 Å². The predicted octanol–water partition coefficient (Wildman–Crippen LogP) is 1.35. The molecule has 0 aliphatic carbocycles. The third-order valence-electron chi connectivity index (χ3n) is 1.38. The highest BCUT2D eigenvalue weighted by Crippen LogP contribution is 1.97. The maximum atomic E-state index is 4.95. The highest BCUT2D eigenvalue weighted by molar-refractivity contribution is 5.52. The zero-order chi connectivity index (χ0) is 8.69. The number of hydrogen-bond acceptors (Lipinski definition) is 3. The van der Waals surface area contributed by atoms with E-state index in [2.05, 4.69) is 18.9 Å². The molecule has 0 aromatic rings. The van der Waals surface area contributed by atoms with E-state index in [4.69, 9.17) is 4.74 Å². The van der Waals surface area contributed by atoms with Crippen molar-refractivity contribution in [1.82, 2.24) is 5.01 Å². The Bertz CT molecular complexity index is 113. The Kier molecular flexibility index (Phi) is 5.84. The molecule has 0 radical (unpaired) electrons. The van der Waals surface area contributed by atoms with Crippen LogP contribution < -0.4 is 0 Å². The van der Waals surface area contributed by atoms with Crippen LogP contribution in [0.1, 0.15) is 20.8 Å². The first-order valence-corrected chi connectivity index (χ1v) is 3.96. The van der Waals surface area contributed by atoms with E-state index >= 15 is 0 Å². The van der Waals surface area contributed by atoms with Crippen molar-refractivity contribution in [2.45, 2.75) is 26.8 Å². The van der Waals surface area contributed by atoms with Crippen molar-refractivity contribution >= 4 is 6.21 Å². The number of nitrogens with zero attached hydrogens (tertiary/aromatic N) is 2. The number of methoxy groups -OCH3 is 1. The van der Waals surface area contributed by atoms with Gasteiger partial charge in [-0.3, -0.25) is 5.01 Å². The molecule has 0 aliphatic rings. The fourth-order valence-electron chi connectivity index (χ4n) is 0.782. The van der Waals surface area contributed by atoms with Gasteiger partial charge in [-0.15, -0.1) is 0 Å². The molecule has 0 amide bonds. The first-order valence-electron chi connectivity index (χ1n) is 3.96. The van der Waals surface area contributed by atoms with E-state index < -0.39 is 0 Å². The van der Waals surface area contributed by atoms with Crippen molar-refractivity contribution in [2.75, 3.05) is 20.3 Å². The molecule has 3 heteroatoms. The Morgan fingerprint density at radius 1 is 1.55 bits per heavy atom. The molecule has 0 heterocycles. The number of ether oxygens (including phenoxy) is 1. The van der Waals surface area contributed by atoms with Crippen LogP contribution in [0.25, 0.3) is 0 Å². The second-order valence-electron chi connectivity index (χ2n) is 2.62. The van der Waals surface area contributed by atoms with Crippen LogP contribution in [0.3, 0.4) is 0 Å². The van der Waals surface area contributed by atoms with Crippen LogP contribution in [0.15, 0.2) is 5.10 Å². The van der Waals surface area contributed by atoms with E-state index in [0.29, 0.717) is 6.04 Å². The van der Waals surface area contributed by atoms with Crippen LogP contribution in [0.5, 0.6) is 0 Å². The van der Waals surface area contributed by atoms with Crippen molar-refractivity contribution < 1.29 is 4.74 Å². The van der Waals surface area contributed by atoms with Gasteiger partial charge in [0.15, 0.2) is 0 Å². The maximum absolute atomic E-state index is 4.95. The molecule has 0 rings (SSSR count). The molecular weight excluding hydrogens is 140 g/mol. The monoisotopic (exact) mass is 158 g/mol. The molecule has 0 unspecified atom stereocenters. The zero-order valence-electron chi connectivity index (χ0n) is 7.87. The zero-order valence-corrected chi connectivity index (χ0v) is 7.87. The Labute approximate surface area is 69.0 Å². The highest BCUT2D eigenvalue weighted by atomic mass is 16.5. The third kappa shape index (κ3) is 4.79. The summed E-state index contributed by atoms with van der Waals surface area (Å²) in [6.07, 6.45) is 1.80. The minimum atomic E-state index is 0.446. The highest BCUT2D eigenvalue weighted by Gasteiger charge is 2.03. The summed E-state index contributed by atoms with van der Waals surface area (Å²) >= 11 is 0. The lowest BCUT2D eigenvalue weighted by Crippen LogP contribution is -2.28. The van der Waals surface area contributed by atoms with Gasteiger partial charge >= 0.3 is 0 Å². The van der Waals surface area contributed by atoms with Crippen molar-refractivity contribution in [3.63, 3.8) is 0 Å². The summed E-state index contributed by atoms with van der Waals surface area (Å²) in [4.78, 5) is 0. The van der Waals surface area contributed by atoms with Gasteiger partial charge in [-0.05, 0) is 20.8 Å². The van der Waals surface area contributed by atoms with E-state index in [1.54, 1.807) is 13.3 Å². The quantitative estimate of drug-likeness (QED) is 0.445. The van der Waals surface area contributed by atoms with Crippen LogP contribution in [-0.4, -0.2) is 37.5 Å². The Balaban J connectivity index is 3.70. The van der Waals surface area contributed by atoms with Crippen molar-refractivity contribution in [2.24, 2.45) is 5.10 Å². The fourth-order valence-corrected chi connectivity index (χ4v) is 0.782. The van der Waals surface area contributed by atoms with Crippen molar-refractivity contribution in [1.29, 1.82) is 0 Å². The fraction of sp³-hybridized carbons (Fsp3) is 0.875. The van der Waals surface area contributed by atoms with Gasteiger partial charge in [0.05, 0.1) is 13.2 Å². The average molecular weight is 158 g/mol. The minimum Gasteiger partial charge on any atom is -0.383 e. The van der Waals surface area contributed by atoms with Crippen LogP contribution in [-0.2, 0) is 4.74 Å². The molecule has 0 aromatic carbocycles. The molecule has 3 nitrogen and oxygen atoms in total. The van der Waals surface area contributed by atoms with E-state index in [-0.39, 0.29) is 0 Å². The summed E-state index contributed by atoms with van der Waals surface area (Å²) in [5.41, 5.74) is 0. The second kappa shape index (κ2) is 6.16. The van der Waals surface area contributed by atoms with Gasteiger partial charge in [0.25, 0.3) is 0 Å². The topological polar surface area (TPSA) is 24.8 Å². The number of hydrogen-bond donors (Lipinski definition) is 0. The summed E-state index contributed by atoms with van der Waals surface area (Å²) in [6, 6.07) is 0.446. The Hall–Kier alpha value is -0.570. The van der Waals surface area contributed by atoms with Gasteiger partial charge in [-0.25, -0.2) is 0 Å². The van der Waals surface area contributed by atoms with E-state index in [1.165, 1.54) is 0 Å². The van der Waals surface area contributed by atoms with Crippen molar-refractivity contribution in [3.05, 3.63) is 0 Å². The molecule has 0 atom stereocenters. The third-order valence-corrected chi connectivity index (χ3v) is 1.38. The SMILES string of the molecule is C/C=N\N(CCOC)C(C)C. The summed E-state index contributed by atoms with van der Waals surface area (Å²) in [6.45, 7) is 7.74. The van der Waals surface area contributed by atoms with Crippen LogP contribution in [0.4, 0.5) is 0 Å². The molecule has 66 valence electrons. The van der Waals surface area contributed by atoms with Gasteiger partial charge in [0, 0.05) is 19.4 Å². The summed E-state index contributed by atoms with van der Waals surface area (Å²) < 4.78 is 4.95. The maximum Gasteiger partial charge on any atom is 0.0654 e. The van der Waals surface area contributed by atoms with Crippen LogP contribution in [0, 0.1) is 0 Å². The van der Waals surface area contributed by atoms with Gasteiger partial charge in [0.2, 0.25) is 0 Å². The standard InChI is InChI=1S/C8H18N2O/c1-5-9-10(8(2)3)6-7-11-4/h5,8H,6-7H2,1-4H3/b9-5-. The van der Waals surface area contributed by atoms with Gasteiger partial charge < -0.3 is 4.74 Å². The van der Waals surface area contributed by atoms with Crippen LogP contribution >= 0.6 is 0 Å². The van der Waals surface area contributed by atoms with E-state index in [0.717, 1.165) is 13.2 Å². The van der Waals surface area contributed by atoms with Gasteiger partial charge in [0.1, 0.15) is 0 Å². The average Bonchev–Trinajstić information content (AvgIpc) is 1.97. The molecule has 0 spiro atoms. The molecule has 0 saturated carbocycles. The molecule has 0 aromatic heterocycles. The van der Waals surface area contributed by atoms with Gasteiger partial charge in [-0.2, -0.15) is 5.10 Å². The first-order chi connectivity index (χ1) is 5.22. The van der Waals surface area contributed by atoms with E-state index in [9.17, 15) is 0 Å². The van der Waals surface area contributed by atoms with Gasteiger partial charge in [-0.1, -0.05) is 0 Å². The normalized spacial score (nSPS) is 11.4. The van der Waals surface area contributed by atoms with Crippen molar-refractivity contribution in [3.8, 4) is 0 Å². The molecule has 0 bridgehead atoms. The summed E-state index contributed by atoms with van der Waals surface area (Å²) in [5, 5.41) is 6.19. The largest absolute Gasteiger partial charge is 0.383 e. The molecule has 0 aliphatic heterocycles. The minimum absolute atomic E-state index is 0.446. The second-order valence-corrected chi connectivity index (χ2v) is 2.62. The number of rotatable bonds is 5. The summed E-state index contributed by atoms with van der Waals surface area (Å²) in [7, 11) is 1.70. The predicted molar refractivity (Wildman–Crippen MR) is 47.9 cm³/mol. The smallest absolute Gasteiger partial charge is 0.0654 e. The molecule has 0 fully saturated rings. The lowest BCUT2D eigenvalue weighted by Gasteiger charge is -2.22. The molecule has 0 N–H and O–H groups in total. The lowest BCUT2D eigenvalue weighted by molar-refractivity contribution is 0.133. The molecule has 0 saturated heterocycles. The Morgan fingerprint density at radius 2 is 2.18 bits per heavy atom. The molecule has 11 heavy (non-hydrogen) atoms. The first kappa shape index (κ1) is 10.4. The molecular formula is C8H18N2O. The van der Waals surface area contributed by atoms with E-state index in [1.807, 2.05) is 11.9 Å². The summed E-state index contributed by atoms with van der Waals surface area (Å²) in [5.74, 6) is 0.